The van der Waals surface area contributed by atoms with Gasteiger partial charge in [0, 0.05) is 24.4 Å². The zero-order valence-corrected chi connectivity index (χ0v) is 19.8. The van der Waals surface area contributed by atoms with Gasteiger partial charge in [-0.1, -0.05) is 42.1 Å². The highest BCUT2D eigenvalue weighted by Crippen LogP contribution is 2.26. The number of carbonyl (C=O) groups is 1. The van der Waals surface area contributed by atoms with Crippen LogP contribution in [0, 0.1) is 0 Å². The van der Waals surface area contributed by atoms with Crippen molar-refractivity contribution < 1.29 is 9.53 Å². The molecule has 1 fully saturated rings. The van der Waals surface area contributed by atoms with Crippen LogP contribution in [-0.4, -0.2) is 40.6 Å². The largest absolute Gasteiger partial charge is 0.497 e. The lowest BCUT2D eigenvalue weighted by Crippen LogP contribution is -2.28. The Labute approximate surface area is 202 Å². The number of nitrogens with zero attached hydrogens (tertiary/aromatic N) is 3. The Morgan fingerprint density at radius 2 is 1.74 bits per heavy atom. The molecule has 1 amide bonds. The summed E-state index contributed by atoms with van der Waals surface area (Å²) in [5.74, 6) is 1.38. The third kappa shape index (κ3) is 4.43. The lowest BCUT2D eigenvalue weighted by Gasteiger charge is -2.16. The van der Waals surface area contributed by atoms with Gasteiger partial charge < -0.3 is 9.64 Å². The molecular formula is C27H25N3O3S. The summed E-state index contributed by atoms with van der Waals surface area (Å²) in [7, 11) is 1.61. The molecule has 0 radical (unpaired) electrons. The van der Waals surface area contributed by atoms with E-state index in [1.165, 1.54) is 11.8 Å². The molecule has 5 rings (SSSR count). The maximum absolute atomic E-state index is 13.6. The second-order valence-corrected chi connectivity index (χ2v) is 9.18. The average Bonchev–Trinajstić information content (AvgIpc) is 3.43. The molecule has 0 N–H and O–H groups in total. The van der Waals surface area contributed by atoms with Crippen LogP contribution < -0.4 is 10.3 Å². The Morgan fingerprint density at radius 3 is 2.44 bits per heavy atom. The molecule has 172 valence electrons. The van der Waals surface area contributed by atoms with E-state index in [1.807, 2.05) is 47.4 Å². The fourth-order valence-corrected chi connectivity index (χ4v) is 5.15. The molecule has 0 saturated carbocycles. The summed E-state index contributed by atoms with van der Waals surface area (Å²) in [6, 6.07) is 22.7. The first kappa shape index (κ1) is 22.2. The molecule has 7 heteroatoms. The normalized spacial score (nSPS) is 13.4. The van der Waals surface area contributed by atoms with Crippen LogP contribution in [0.5, 0.6) is 5.75 Å². The van der Waals surface area contributed by atoms with Gasteiger partial charge in [-0.25, -0.2) is 4.98 Å². The van der Waals surface area contributed by atoms with Crippen molar-refractivity contribution in [1.82, 2.24) is 14.5 Å². The molecule has 1 saturated heterocycles. The first-order valence-electron chi connectivity index (χ1n) is 11.3. The van der Waals surface area contributed by atoms with Gasteiger partial charge in [0.1, 0.15) is 5.75 Å². The predicted molar refractivity (Wildman–Crippen MR) is 135 cm³/mol. The van der Waals surface area contributed by atoms with Gasteiger partial charge in [-0.2, -0.15) is 0 Å². The number of hydrogen-bond acceptors (Lipinski definition) is 5. The van der Waals surface area contributed by atoms with Crippen LogP contribution in [0.3, 0.4) is 0 Å². The number of rotatable bonds is 6. The SMILES string of the molecule is COc1ccc(-n2c(SCc3ccccc3)nc3cc(C(=O)N4CCCC4)ccc3c2=O)cc1. The summed E-state index contributed by atoms with van der Waals surface area (Å²) in [5, 5.41) is 1.06. The summed E-state index contributed by atoms with van der Waals surface area (Å²) in [5.41, 5.74) is 2.80. The van der Waals surface area contributed by atoms with E-state index in [9.17, 15) is 9.59 Å². The molecule has 0 unspecified atom stereocenters. The summed E-state index contributed by atoms with van der Waals surface area (Å²) in [6.45, 7) is 1.56. The molecule has 3 aromatic carbocycles. The first-order chi connectivity index (χ1) is 16.6. The number of hydrogen-bond donors (Lipinski definition) is 0. The van der Waals surface area contributed by atoms with Crippen molar-refractivity contribution in [3.05, 3.63) is 94.3 Å². The number of amides is 1. The molecule has 0 aliphatic carbocycles. The molecule has 2 heterocycles. The number of fused-ring (bicyclic) bond motifs is 1. The van der Waals surface area contributed by atoms with Gasteiger partial charge in [0.25, 0.3) is 11.5 Å². The van der Waals surface area contributed by atoms with E-state index in [4.69, 9.17) is 9.72 Å². The second-order valence-electron chi connectivity index (χ2n) is 8.24. The minimum absolute atomic E-state index is 0.000906. The molecular weight excluding hydrogens is 446 g/mol. The molecule has 1 aromatic heterocycles. The first-order valence-corrected chi connectivity index (χ1v) is 12.3. The fraction of sp³-hybridized carbons (Fsp3) is 0.222. The molecule has 0 atom stereocenters. The van der Waals surface area contributed by atoms with Gasteiger partial charge in [0.2, 0.25) is 0 Å². The Hall–Kier alpha value is -3.58. The van der Waals surface area contributed by atoms with Crippen molar-refractivity contribution in [3.63, 3.8) is 0 Å². The van der Waals surface area contributed by atoms with Crippen molar-refractivity contribution in [1.29, 1.82) is 0 Å². The van der Waals surface area contributed by atoms with Gasteiger partial charge in [-0.15, -0.1) is 0 Å². The van der Waals surface area contributed by atoms with E-state index in [-0.39, 0.29) is 11.5 Å². The van der Waals surface area contributed by atoms with Crippen LogP contribution in [-0.2, 0) is 5.75 Å². The zero-order chi connectivity index (χ0) is 23.5. The summed E-state index contributed by atoms with van der Waals surface area (Å²) < 4.78 is 6.91. The Kier molecular flexibility index (Phi) is 6.36. The highest BCUT2D eigenvalue weighted by Gasteiger charge is 2.21. The average molecular weight is 472 g/mol. The summed E-state index contributed by atoms with van der Waals surface area (Å²) >= 11 is 1.50. The van der Waals surface area contributed by atoms with Gasteiger partial charge in [0.15, 0.2) is 5.16 Å². The van der Waals surface area contributed by atoms with E-state index >= 15 is 0 Å². The van der Waals surface area contributed by atoms with Gasteiger partial charge in [-0.3, -0.25) is 14.2 Å². The van der Waals surface area contributed by atoms with E-state index in [0.29, 0.717) is 38.8 Å². The molecule has 6 nitrogen and oxygen atoms in total. The lowest BCUT2D eigenvalue weighted by molar-refractivity contribution is 0.0793. The number of methoxy groups -OCH3 is 1. The van der Waals surface area contributed by atoms with Crippen molar-refractivity contribution in [3.8, 4) is 11.4 Å². The Balaban J connectivity index is 1.60. The van der Waals surface area contributed by atoms with Crippen LogP contribution in [0.2, 0.25) is 0 Å². The van der Waals surface area contributed by atoms with E-state index < -0.39 is 0 Å². The number of carbonyl (C=O) groups excluding carboxylic acids is 1. The van der Waals surface area contributed by atoms with Crippen LogP contribution >= 0.6 is 11.8 Å². The molecule has 4 aromatic rings. The number of aromatic nitrogens is 2. The number of ether oxygens (including phenoxy) is 1. The molecule has 0 spiro atoms. The molecule has 34 heavy (non-hydrogen) atoms. The molecule has 0 bridgehead atoms. The lowest BCUT2D eigenvalue weighted by atomic mass is 10.1. The van der Waals surface area contributed by atoms with Crippen molar-refractivity contribution in [2.45, 2.75) is 23.8 Å². The molecule has 1 aliphatic heterocycles. The van der Waals surface area contributed by atoms with Crippen molar-refractivity contribution in [2.75, 3.05) is 20.2 Å². The summed E-state index contributed by atoms with van der Waals surface area (Å²) in [6.07, 6.45) is 2.06. The highest BCUT2D eigenvalue weighted by atomic mass is 32.2. The number of thioether (sulfide) groups is 1. The van der Waals surface area contributed by atoms with E-state index in [2.05, 4.69) is 12.1 Å². The zero-order valence-electron chi connectivity index (χ0n) is 18.9. The van der Waals surface area contributed by atoms with Gasteiger partial charge in [0.05, 0.1) is 23.7 Å². The minimum Gasteiger partial charge on any atom is -0.497 e. The predicted octanol–water partition coefficient (Wildman–Crippen LogP) is 4.92. The summed E-state index contributed by atoms with van der Waals surface area (Å²) in [4.78, 5) is 33.3. The van der Waals surface area contributed by atoms with Crippen LogP contribution in [0.15, 0.2) is 82.7 Å². The van der Waals surface area contributed by atoms with Crippen LogP contribution in [0.4, 0.5) is 0 Å². The maximum atomic E-state index is 13.6. The minimum atomic E-state index is -0.161. The topological polar surface area (TPSA) is 64.4 Å². The number of benzene rings is 3. The highest BCUT2D eigenvalue weighted by molar-refractivity contribution is 7.98. The fourth-order valence-electron chi connectivity index (χ4n) is 4.18. The maximum Gasteiger partial charge on any atom is 0.266 e. The van der Waals surface area contributed by atoms with Crippen LogP contribution in [0.25, 0.3) is 16.6 Å². The van der Waals surface area contributed by atoms with Gasteiger partial charge >= 0.3 is 0 Å². The molecule has 1 aliphatic rings. The third-order valence-electron chi connectivity index (χ3n) is 6.02. The Bertz CT molecular complexity index is 1380. The Morgan fingerprint density at radius 1 is 1.00 bits per heavy atom. The monoisotopic (exact) mass is 471 g/mol. The van der Waals surface area contributed by atoms with Gasteiger partial charge in [-0.05, 0) is 60.9 Å². The van der Waals surface area contributed by atoms with E-state index in [0.717, 1.165) is 31.5 Å². The third-order valence-corrected chi connectivity index (χ3v) is 7.03. The standard InChI is InChI=1S/C27H25N3O3S/c1-33-22-12-10-21(11-13-22)30-26(32)23-14-9-20(25(31)29-15-5-6-16-29)17-24(23)28-27(30)34-18-19-7-3-2-4-8-19/h2-4,7-14,17H,5-6,15-16,18H2,1H3. The van der Waals surface area contributed by atoms with Crippen molar-refractivity contribution in [2.24, 2.45) is 0 Å². The second kappa shape index (κ2) is 9.73. The van der Waals surface area contributed by atoms with E-state index in [1.54, 1.807) is 29.9 Å². The number of likely N-dealkylation sites (tertiary alicyclic amines) is 1. The van der Waals surface area contributed by atoms with Crippen molar-refractivity contribution >= 4 is 28.6 Å². The van der Waals surface area contributed by atoms with Crippen LogP contribution in [0.1, 0.15) is 28.8 Å². The quantitative estimate of drug-likeness (QED) is 0.295. The smallest absolute Gasteiger partial charge is 0.266 e.